The highest BCUT2D eigenvalue weighted by Crippen LogP contribution is 2.05. The quantitative estimate of drug-likeness (QED) is 0.820. The summed E-state index contributed by atoms with van der Waals surface area (Å²) in [6, 6.07) is 9.97. The van der Waals surface area contributed by atoms with Gasteiger partial charge in [0.05, 0.1) is 6.10 Å². The van der Waals surface area contributed by atoms with Crippen LogP contribution in [-0.4, -0.2) is 29.2 Å². The summed E-state index contributed by atoms with van der Waals surface area (Å²) >= 11 is 4.97. The molecule has 1 aromatic carbocycles. The van der Waals surface area contributed by atoms with E-state index in [1.807, 2.05) is 30.3 Å². The summed E-state index contributed by atoms with van der Waals surface area (Å²) in [6.45, 7) is 3.16. The Morgan fingerprint density at radius 3 is 2.58 bits per heavy atom. The summed E-state index contributed by atoms with van der Waals surface area (Å²) in [4.78, 5) is 10.2. The second-order valence-corrected chi connectivity index (χ2v) is 4.86. The molecule has 0 saturated carbocycles. The van der Waals surface area contributed by atoms with E-state index in [1.165, 1.54) is 0 Å². The second kappa shape index (κ2) is 8.91. The van der Waals surface area contributed by atoms with Crippen molar-refractivity contribution in [3.63, 3.8) is 0 Å². The van der Waals surface area contributed by atoms with Gasteiger partial charge in [-0.15, -0.1) is 0 Å². The number of piperidine rings is 1. The molecule has 2 rings (SSSR count). The van der Waals surface area contributed by atoms with E-state index in [-0.39, 0.29) is 12.7 Å². The minimum Gasteiger partial charge on any atom is -0.449 e. The highest BCUT2D eigenvalue weighted by molar-refractivity contribution is 6.61. The van der Waals surface area contributed by atoms with E-state index >= 15 is 0 Å². The number of rotatable bonds is 2. The molecule has 0 amide bonds. The van der Waals surface area contributed by atoms with Crippen LogP contribution in [0, 0.1) is 0 Å². The first-order valence-corrected chi connectivity index (χ1v) is 6.73. The maximum atomic E-state index is 10.2. The maximum Gasteiger partial charge on any atom is 0.404 e. The fourth-order valence-corrected chi connectivity index (χ4v) is 1.75. The van der Waals surface area contributed by atoms with Crippen LogP contribution in [0.3, 0.4) is 0 Å². The van der Waals surface area contributed by atoms with Crippen LogP contribution in [0.15, 0.2) is 30.3 Å². The maximum absolute atomic E-state index is 10.2. The van der Waals surface area contributed by atoms with E-state index in [0.29, 0.717) is 6.04 Å². The van der Waals surface area contributed by atoms with Gasteiger partial charge in [-0.2, -0.15) is 0 Å². The van der Waals surface area contributed by atoms with Crippen LogP contribution < -0.4 is 5.32 Å². The van der Waals surface area contributed by atoms with Crippen molar-refractivity contribution in [2.75, 3.05) is 6.54 Å². The number of hydrogen-bond donors (Lipinski definition) is 2. The molecule has 1 heterocycles. The van der Waals surface area contributed by atoms with Crippen LogP contribution in [0.2, 0.25) is 0 Å². The van der Waals surface area contributed by atoms with Gasteiger partial charge in [-0.3, -0.25) is 0 Å². The molecule has 19 heavy (non-hydrogen) atoms. The Hall–Kier alpha value is -1.10. The van der Waals surface area contributed by atoms with Gasteiger partial charge in [0, 0.05) is 24.2 Å². The first kappa shape index (κ1) is 16.0. The number of halogens is 1. The molecule has 0 bridgehead atoms. The van der Waals surface area contributed by atoms with Crippen molar-refractivity contribution in [1.82, 2.24) is 5.32 Å². The lowest BCUT2D eigenvalue weighted by Crippen LogP contribution is -2.39. The minimum absolute atomic E-state index is 0.0915. The molecule has 2 atom stereocenters. The van der Waals surface area contributed by atoms with Gasteiger partial charge in [0.15, 0.2) is 0 Å². The van der Waals surface area contributed by atoms with Gasteiger partial charge in [0.25, 0.3) is 0 Å². The predicted molar refractivity (Wildman–Crippen MR) is 75.2 cm³/mol. The third kappa shape index (κ3) is 7.82. The number of benzene rings is 1. The van der Waals surface area contributed by atoms with Crippen LogP contribution in [0.5, 0.6) is 0 Å². The minimum atomic E-state index is -0.770. The highest BCUT2D eigenvalue weighted by Gasteiger charge is 2.13. The Bertz CT molecular complexity index is 354. The zero-order valence-corrected chi connectivity index (χ0v) is 11.8. The highest BCUT2D eigenvalue weighted by atomic mass is 35.5. The van der Waals surface area contributed by atoms with Gasteiger partial charge in [-0.1, -0.05) is 30.3 Å². The topological polar surface area (TPSA) is 58.6 Å². The molecule has 1 aromatic rings. The van der Waals surface area contributed by atoms with Crippen molar-refractivity contribution in [2.45, 2.75) is 38.5 Å². The smallest absolute Gasteiger partial charge is 0.404 e. The van der Waals surface area contributed by atoms with Gasteiger partial charge in [0.2, 0.25) is 0 Å². The molecule has 1 aliphatic heterocycles. The van der Waals surface area contributed by atoms with Gasteiger partial charge in [-0.05, 0) is 25.3 Å². The van der Waals surface area contributed by atoms with Gasteiger partial charge in [-0.25, -0.2) is 4.79 Å². The van der Waals surface area contributed by atoms with Crippen LogP contribution >= 0.6 is 11.6 Å². The molecular formula is C14H20ClNO3. The SMILES string of the molecule is CC1CCC(O)CN1.O=C(Cl)OCc1ccccc1. The van der Waals surface area contributed by atoms with E-state index < -0.39 is 5.43 Å². The third-order valence-corrected chi connectivity index (χ3v) is 2.94. The van der Waals surface area contributed by atoms with Crippen molar-refractivity contribution in [3.05, 3.63) is 35.9 Å². The molecule has 106 valence electrons. The molecule has 1 aliphatic rings. The number of carbonyl (C=O) groups is 1. The zero-order chi connectivity index (χ0) is 14.1. The van der Waals surface area contributed by atoms with E-state index in [0.717, 1.165) is 24.9 Å². The van der Waals surface area contributed by atoms with Crippen molar-refractivity contribution in [2.24, 2.45) is 0 Å². The average molecular weight is 286 g/mol. The average Bonchev–Trinajstić information content (AvgIpc) is 2.42. The Morgan fingerprint density at radius 1 is 1.42 bits per heavy atom. The molecule has 4 nitrogen and oxygen atoms in total. The fraction of sp³-hybridized carbons (Fsp3) is 0.500. The number of ether oxygens (including phenoxy) is 1. The number of carbonyl (C=O) groups excluding carboxylic acids is 1. The van der Waals surface area contributed by atoms with Crippen molar-refractivity contribution in [1.29, 1.82) is 0 Å². The van der Waals surface area contributed by atoms with Crippen molar-refractivity contribution in [3.8, 4) is 0 Å². The molecule has 1 saturated heterocycles. The molecule has 5 heteroatoms. The van der Waals surface area contributed by atoms with E-state index in [4.69, 9.17) is 16.7 Å². The molecule has 2 unspecified atom stereocenters. The van der Waals surface area contributed by atoms with Crippen LogP contribution in [0.25, 0.3) is 0 Å². The Balaban J connectivity index is 0.000000200. The number of aliphatic hydroxyl groups excluding tert-OH is 1. The molecule has 0 spiro atoms. The first-order valence-electron chi connectivity index (χ1n) is 6.35. The van der Waals surface area contributed by atoms with Gasteiger partial charge >= 0.3 is 5.43 Å². The lowest BCUT2D eigenvalue weighted by molar-refractivity contribution is 0.129. The number of hydrogen-bond acceptors (Lipinski definition) is 4. The lowest BCUT2D eigenvalue weighted by atomic mass is 10.0. The molecule has 0 aromatic heterocycles. The molecule has 0 aliphatic carbocycles. The number of aliphatic hydroxyl groups is 1. The predicted octanol–water partition coefficient (Wildman–Crippen LogP) is 2.68. The number of β-amino-alcohol motifs (C(OH)–C–C–N with tert-alkyl or cyclic N) is 1. The molecular weight excluding hydrogens is 266 g/mol. The van der Waals surface area contributed by atoms with Crippen LogP contribution in [0.4, 0.5) is 4.79 Å². The Labute approximate surface area is 118 Å². The van der Waals surface area contributed by atoms with Crippen LogP contribution in [-0.2, 0) is 11.3 Å². The summed E-state index contributed by atoms with van der Waals surface area (Å²) in [5, 5.41) is 12.1. The monoisotopic (exact) mass is 285 g/mol. The lowest BCUT2D eigenvalue weighted by Gasteiger charge is -2.23. The normalized spacial score (nSPS) is 22.1. The second-order valence-electron chi connectivity index (χ2n) is 4.55. The van der Waals surface area contributed by atoms with E-state index in [9.17, 15) is 4.79 Å². The Kier molecular flexibility index (Phi) is 7.48. The van der Waals surface area contributed by atoms with Gasteiger partial charge in [0.1, 0.15) is 6.61 Å². The largest absolute Gasteiger partial charge is 0.449 e. The van der Waals surface area contributed by atoms with Crippen molar-refractivity contribution >= 4 is 17.0 Å². The third-order valence-electron chi connectivity index (χ3n) is 2.83. The summed E-state index contributed by atoms with van der Waals surface area (Å²) < 4.78 is 4.55. The van der Waals surface area contributed by atoms with E-state index in [2.05, 4.69) is 17.0 Å². The van der Waals surface area contributed by atoms with Crippen molar-refractivity contribution < 1.29 is 14.6 Å². The van der Waals surface area contributed by atoms with Crippen LogP contribution in [0.1, 0.15) is 25.3 Å². The zero-order valence-electron chi connectivity index (χ0n) is 11.0. The summed E-state index contributed by atoms with van der Waals surface area (Å²) in [6.07, 6.45) is 1.99. The summed E-state index contributed by atoms with van der Waals surface area (Å²) in [5.41, 5.74) is 0.162. The fourth-order valence-electron chi connectivity index (χ4n) is 1.70. The standard InChI is InChI=1S/C8H7ClO2.C6H13NO/c9-8(10)11-6-7-4-2-1-3-5-7;1-5-2-3-6(8)4-7-5/h1-5H,6H2;5-8H,2-4H2,1H3. The number of nitrogens with one attached hydrogen (secondary N) is 1. The Morgan fingerprint density at radius 2 is 2.11 bits per heavy atom. The van der Waals surface area contributed by atoms with Gasteiger partial charge < -0.3 is 15.2 Å². The summed E-state index contributed by atoms with van der Waals surface area (Å²) in [5.74, 6) is 0. The molecule has 2 N–H and O–H groups in total. The molecule has 1 fully saturated rings. The molecule has 0 radical (unpaired) electrons. The van der Waals surface area contributed by atoms with E-state index in [1.54, 1.807) is 0 Å². The summed E-state index contributed by atoms with van der Waals surface area (Å²) in [7, 11) is 0. The first-order chi connectivity index (χ1) is 9.08.